The van der Waals surface area contributed by atoms with Gasteiger partial charge in [0.25, 0.3) is 0 Å². The lowest BCUT2D eigenvalue weighted by Crippen LogP contribution is -2.39. The van der Waals surface area contributed by atoms with Crippen molar-refractivity contribution in [2.24, 2.45) is 0 Å². The van der Waals surface area contributed by atoms with Crippen molar-refractivity contribution in [2.45, 2.75) is 45.8 Å². The number of likely N-dealkylation sites (tertiary alicyclic amines) is 1. The van der Waals surface area contributed by atoms with Crippen LogP contribution < -0.4 is 5.32 Å². The Morgan fingerprint density at radius 1 is 1.47 bits per heavy atom. The lowest BCUT2D eigenvalue weighted by Gasteiger charge is -2.24. The molecule has 1 heterocycles. The van der Waals surface area contributed by atoms with Gasteiger partial charge in [-0.25, -0.2) is 0 Å². The molecule has 0 aromatic rings. The summed E-state index contributed by atoms with van der Waals surface area (Å²) < 4.78 is 5.59. The maximum atomic E-state index is 5.59. The molecule has 15 heavy (non-hydrogen) atoms. The smallest absolute Gasteiger partial charge is 0.0597 e. The molecule has 0 aromatic carbocycles. The summed E-state index contributed by atoms with van der Waals surface area (Å²) in [6.45, 7) is 11.8. The van der Waals surface area contributed by atoms with Crippen LogP contribution in [0.3, 0.4) is 0 Å². The average molecular weight is 214 g/mol. The van der Waals surface area contributed by atoms with E-state index in [-0.39, 0.29) is 0 Å². The first-order valence-corrected chi connectivity index (χ1v) is 6.30. The number of rotatable bonds is 7. The SMILES string of the molecule is CCNCC1CCCN1CCOC(C)C. The Hall–Kier alpha value is -0.120. The first-order chi connectivity index (χ1) is 7.24. The zero-order valence-corrected chi connectivity index (χ0v) is 10.5. The molecule has 1 unspecified atom stereocenters. The van der Waals surface area contributed by atoms with Crippen molar-refractivity contribution >= 4 is 0 Å². The summed E-state index contributed by atoms with van der Waals surface area (Å²) >= 11 is 0. The molecule has 3 nitrogen and oxygen atoms in total. The fourth-order valence-corrected chi connectivity index (χ4v) is 2.14. The molecule has 1 atom stereocenters. The van der Waals surface area contributed by atoms with E-state index in [0.29, 0.717) is 6.10 Å². The standard InChI is InChI=1S/C12H26N2O/c1-4-13-10-12-6-5-7-14(12)8-9-15-11(2)3/h11-13H,4-10H2,1-3H3. The molecule has 0 spiro atoms. The third-order valence-electron chi connectivity index (χ3n) is 2.96. The summed E-state index contributed by atoms with van der Waals surface area (Å²) in [5, 5.41) is 3.44. The van der Waals surface area contributed by atoms with Crippen LogP contribution in [0.5, 0.6) is 0 Å². The fourth-order valence-electron chi connectivity index (χ4n) is 2.14. The highest BCUT2D eigenvalue weighted by atomic mass is 16.5. The highest BCUT2D eigenvalue weighted by molar-refractivity contribution is 4.80. The Labute approximate surface area is 94.2 Å². The average Bonchev–Trinajstić information content (AvgIpc) is 2.62. The Bertz CT molecular complexity index is 162. The zero-order valence-electron chi connectivity index (χ0n) is 10.5. The molecule has 1 fully saturated rings. The summed E-state index contributed by atoms with van der Waals surface area (Å²) in [4.78, 5) is 2.56. The predicted octanol–water partition coefficient (Wildman–Crippen LogP) is 1.49. The fraction of sp³-hybridized carbons (Fsp3) is 1.00. The van der Waals surface area contributed by atoms with Crippen LogP contribution in [0, 0.1) is 0 Å². The molecular weight excluding hydrogens is 188 g/mol. The normalized spacial score (nSPS) is 22.8. The molecule has 1 saturated heterocycles. The quantitative estimate of drug-likeness (QED) is 0.695. The van der Waals surface area contributed by atoms with Gasteiger partial charge in [-0.1, -0.05) is 6.92 Å². The van der Waals surface area contributed by atoms with Crippen LogP contribution in [-0.4, -0.2) is 49.8 Å². The number of nitrogens with one attached hydrogen (secondary N) is 1. The first kappa shape index (κ1) is 12.9. The van der Waals surface area contributed by atoms with Gasteiger partial charge in [0, 0.05) is 19.1 Å². The van der Waals surface area contributed by atoms with Gasteiger partial charge in [0.1, 0.15) is 0 Å². The van der Waals surface area contributed by atoms with E-state index in [2.05, 4.69) is 31.0 Å². The Balaban J connectivity index is 2.15. The van der Waals surface area contributed by atoms with Gasteiger partial charge in [-0.3, -0.25) is 4.90 Å². The number of hydrogen-bond donors (Lipinski definition) is 1. The van der Waals surface area contributed by atoms with Gasteiger partial charge in [-0.2, -0.15) is 0 Å². The maximum Gasteiger partial charge on any atom is 0.0597 e. The molecule has 1 N–H and O–H groups in total. The van der Waals surface area contributed by atoms with Crippen LogP contribution in [0.4, 0.5) is 0 Å². The van der Waals surface area contributed by atoms with E-state index in [1.54, 1.807) is 0 Å². The second-order valence-electron chi connectivity index (χ2n) is 4.56. The highest BCUT2D eigenvalue weighted by Crippen LogP contribution is 2.15. The van der Waals surface area contributed by atoms with E-state index in [9.17, 15) is 0 Å². The van der Waals surface area contributed by atoms with Gasteiger partial charge in [-0.15, -0.1) is 0 Å². The molecule has 0 amide bonds. The van der Waals surface area contributed by atoms with Crippen molar-refractivity contribution in [1.82, 2.24) is 10.2 Å². The van der Waals surface area contributed by atoms with E-state index < -0.39 is 0 Å². The monoisotopic (exact) mass is 214 g/mol. The Morgan fingerprint density at radius 2 is 2.27 bits per heavy atom. The highest BCUT2D eigenvalue weighted by Gasteiger charge is 2.23. The predicted molar refractivity (Wildman–Crippen MR) is 64.2 cm³/mol. The van der Waals surface area contributed by atoms with E-state index >= 15 is 0 Å². The van der Waals surface area contributed by atoms with Crippen molar-refractivity contribution in [1.29, 1.82) is 0 Å². The summed E-state index contributed by atoms with van der Waals surface area (Å²) in [6.07, 6.45) is 3.05. The van der Waals surface area contributed by atoms with Gasteiger partial charge in [0.15, 0.2) is 0 Å². The van der Waals surface area contributed by atoms with Crippen LogP contribution in [0.1, 0.15) is 33.6 Å². The second-order valence-corrected chi connectivity index (χ2v) is 4.56. The van der Waals surface area contributed by atoms with E-state index in [1.165, 1.54) is 19.4 Å². The lowest BCUT2D eigenvalue weighted by atomic mass is 10.2. The molecule has 3 heteroatoms. The number of nitrogens with zero attached hydrogens (tertiary/aromatic N) is 1. The number of likely N-dealkylation sites (N-methyl/N-ethyl adjacent to an activating group) is 1. The van der Waals surface area contributed by atoms with Crippen molar-refractivity contribution < 1.29 is 4.74 Å². The number of ether oxygens (including phenoxy) is 1. The molecule has 1 aliphatic heterocycles. The third kappa shape index (κ3) is 4.96. The van der Waals surface area contributed by atoms with Crippen molar-refractivity contribution in [3.8, 4) is 0 Å². The van der Waals surface area contributed by atoms with Crippen LogP contribution >= 0.6 is 0 Å². The van der Waals surface area contributed by atoms with Crippen LogP contribution in [0.15, 0.2) is 0 Å². The Kier molecular flexibility index (Phi) is 6.22. The van der Waals surface area contributed by atoms with E-state index in [4.69, 9.17) is 4.74 Å². The van der Waals surface area contributed by atoms with Gasteiger partial charge in [-0.05, 0) is 39.8 Å². The van der Waals surface area contributed by atoms with E-state index in [0.717, 1.165) is 32.3 Å². The maximum absolute atomic E-state index is 5.59. The minimum Gasteiger partial charge on any atom is -0.377 e. The van der Waals surface area contributed by atoms with E-state index in [1.807, 2.05) is 0 Å². The topological polar surface area (TPSA) is 24.5 Å². The van der Waals surface area contributed by atoms with Gasteiger partial charge in [0.2, 0.25) is 0 Å². The molecule has 1 aliphatic rings. The van der Waals surface area contributed by atoms with Gasteiger partial charge >= 0.3 is 0 Å². The molecular formula is C12H26N2O. The van der Waals surface area contributed by atoms with Crippen molar-refractivity contribution in [3.63, 3.8) is 0 Å². The van der Waals surface area contributed by atoms with Gasteiger partial charge in [0.05, 0.1) is 12.7 Å². The van der Waals surface area contributed by atoms with Crippen LogP contribution in [0.2, 0.25) is 0 Å². The summed E-state index contributed by atoms with van der Waals surface area (Å²) in [5.74, 6) is 0. The summed E-state index contributed by atoms with van der Waals surface area (Å²) in [5.41, 5.74) is 0. The van der Waals surface area contributed by atoms with Gasteiger partial charge < -0.3 is 10.1 Å². The molecule has 1 rings (SSSR count). The largest absolute Gasteiger partial charge is 0.377 e. The van der Waals surface area contributed by atoms with Crippen molar-refractivity contribution in [3.05, 3.63) is 0 Å². The molecule has 0 saturated carbocycles. The summed E-state index contributed by atoms with van der Waals surface area (Å²) in [7, 11) is 0. The number of hydrogen-bond acceptors (Lipinski definition) is 3. The first-order valence-electron chi connectivity index (χ1n) is 6.30. The Morgan fingerprint density at radius 3 is 2.93 bits per heavy atom. The molecule has 0 aromatic heterocycles. The molecule has 0 radical (unpaired) electrons. The zero-order chi connectivity index (χ0) is 11.1. The molecule has 0 bridgehead atoms. The molecule has 90 valence electrons. The summed E-state index contributed by atoms with van der Waals surface area (Å²) in [6, 6.07) is 0.737. The molecule has 0 aliphatic carbocycles. The minimum atomic E-state index is 0.361. The third-order valence-corrected chi connectivity index (χ3v) is 2.96. The van der Waals surface area contributed by atoms with Crippen LogP contribution in [-0.2, 0) is 4.74 Å². The van der Waals surface area contributed by atoms with Crippen LogP contribution in [0.25, 0.3) is 0 Å². The second kappa shape index (κ2) is 7.20. The van der Waals surface area contributed by atoms with Crippen molar-refractivity contribution in [2.75, 3.05) is 32.8 Å². The lowest BCUT2D eigenvalue weighted by molar-refractivity contribution is 0.0564. The minimum absolute atomic E-state index is 0.361.